The van der Waals surface area contributed by atoms with Crippen LogP contribution in [0.3, 0.4) is 0 Å². The van der Waals surface area contributed by atoms with E-state index in [0.29, 0.717) is 13.0 Å². The smallest absolute Gasteiger partial charge is 0.310 e. The summed E-state index contributed by atoms with van der Waals surface area (Å²) in [6, 6.07) is 23.5. The van der Waals surface area contributed by atoms with Gasteiger partial charge in [-0.3, -0.25) is 19.6 Å². The summed E-state index contributed by atoms with van der Waals surface area (Å²) < 4.78 is 3.76. The topological polar surface area (TPSA) is 91.3 Å². The summed E-state index contributed by atoms with van der Waals surface area (Å²) in [4.78, 5) is 26.8. The Hall–Kier alpha value is -4.13. The van der Waals surface area contributed by atoms with E-state index in [1.165, 1.54) is 5.56 Å². The standard InChI is InChI=1S/C29H30N4O3/c1-19-7-11-21(12-8-19)15-26(27(34)31-17-23(18-31)28(35)36)33-25-6-4-3-5-24(25)32(29(33)30)16-22-13-9-20(2)10-14-22/h3-14,23,26,30H,15-18H2,1-2H3,(H,35,36)/t26-/m0/s1. The lowest BCUT2D eigenvalue weighted by molar-refractivity contribution is -0.154. The third-order valence-electron chi connectivity index (χ3n) is 7.07. The fourth-order valence-corrected chi connectivity index (χ4v) is 4.87. The van der Waals surface area contributed by atoms with E-state index in [2.05, 4.69) is 24.3 Å². The van der Waals surface area contributed by atoms with Crippen molar-refractivity contribution in [2.45, 2.75) is 32.9 Å². The zero-order chi connectivity index (χ0) is 25.4. The summed E-state index contributed by atoms with van der Waals surface area (Å²) >= 11 is 0. The second-order valence-electron chi connectivity index (χ2n) is 9.74. The molecule has 0 bridgehead atoms. The van der Waals surface area contributed by atoms with E-state index in [9.17, 15) is 20.1 Å². The van der Waals surface area contributed by atoms with Gasteiger partial charge in [0, 0.05) is 19.5 Å². The fraction of sp³-hybridized carbons (Fsp3) is 0.276. The van der Waals surface area contributed by atoms with Crippen molar-refractivity contribution < 1.29 is 14.7 Å². The number of rotatable bonds is 7. The molecule has 0 spiro atoms. The van der Waals surface area contributed by atoms with E-state index in [1.807, 2.05) is 71.5 Å². The van der Waals surface area contributed by atoms with Crippen LogP contribution in [-0.2, 0) is 22.6 Å². The van der Waals surface area contributed by atoms with E-state index in [1.54, 1.807) is 4.90 Å². The molecule has 184 valence electrons. The number of carbonyl (C=O) groups excluding carboxylic acids is 1. The molecule has 7 nitrogen and oxygen atoms in total. The first-order valence-corrected chi connectivity index (χ1v) is 12.2. The zero-order valence-electron chi connectivity index (χ0n) is 20.5. The number of aromatic nitrogens is 2. The van der Waals surface area contributed by atoms with Gasteiger partial charge in [-0.05, 0) is 37.1 Å². The number of para-hydroxylation sites is 2. The minimum Gasteiger partial charge on any atom is -0.481 e. The normalized spacial score (nSPS) is 14.6. The van der Waals surface area contributed by atoms with Gasteiger partial charge in [-0.15, -0.1) is 0 Å². The van der Waals surface area contributed by atoms with Crippen LogP contribution in [-0.4, -0.2) is 44.1 Å². The average Bonchev–Trinajstić information content (AvgIpc) is 3.10. The van der Waals surface area contributed by atoms with E-state index in [4.69, 9.17) is 0 Å². The molecule has 2 N–H and O–H groups in total. The van der Waals surface area contributed by atoms with Crippen LogP contribution in [0, 0.1) is 25.2 Å². The van der Waals surface area contributed by atoms with Gasteiger partial charge >= 0.3 is 5.97 Å². The van der Waals surface area contributed by atoms with Gasteiger partial charge in [-0.2, -0.15) is 0 Å². The molecule has 1 aliphatic rings. The van der Waals surface area contributed by atoms with Gasteiger partial charge < -0.3 is 14.6 Å². The lowest BCUT2D eigenvalue weighted by Gasteiger charge is -2.39. The molecule has 1 aliphatic heterocycles. The minimum atomic E-state index is -0.877. The molecule has 1 saturated heterocycles. The Bertz CT molecular complexity index is 1480. The number of nitrogens with zero attached hydrogens (tertiary/aromatic N) is 3. The molecular formula is C29H30N4O3. The highest BCUT2D eigenvalue weighted by atomic mass is 16.4. The predicted octanol–water partition coefficient (Wildman–Crippen LogP) is 3.91. The number of nitrogens with one attached hydrogen (secondary N) is 1. The number of amides is 1. The average molecular weight is 483 g/mol. The first-order chi connectivity index (χ1) is 17.3. The van der Waals surface area contributed by atoms with Crippen LogP contribution < -0.4 is 5.62 Å². The number of hydrogen-bond donors (Lipinski definition) is 2. The van der Waals surface area contributed by atoms with Crippen molar-refractivity contribution in [3.05, 3.63) is 101 Å². The summed E-state index contributed by atoms with van der Waals surface area (Å²) in [6.45, 7) is 4.99. The molecule has 1 amide bonds. The molecule has 1 atom stereocenters. The number of imidazole rings is 1. The summed E-state index contributed by atoms with van der Waals surface area (Å²) in [5.41, 5.74) is 6.34. The van der Waals surface area contributed by atoms with Gasteiger partial charge in [0.15, 0.2) is 0 Å². The number of carbonyl (C=O) groups is 2. The second-order valence-corrected chi connectivity index (χ2v) is 9.74. The van der Waals surface area contributed by atoms with Crippen molar-refractivity contribution >= 4 is 22.9 Å². The number of likely N-dealkylation sites (tertiary alicyclic amines) is 1. The molecule has 0 aliphatic carbocycles. The van der Waals surface area contributed by atoms with Crippen molar-refractivity contribution in [2.75, 3.05) is 13.1 Å². The monoisotopic (exact) mass is 482 g/mol. The first-order valence-electron chi connectivity index (χ1n) is 12.2. The van der Waals surface area contributed by atoms with Gasteiger partial charge in [0.05, 0.1) is 23.5 Å². The van der Waals surface area contributed by atoms with E-state index < -0.39 is 17.9 Å². The number of benzene rings is 3. The number of aliphatic carboxylic acids is 1. The molecule has 0 saturated carbocycles. The van der Waals surface area contributed by atoms with Crippen LogP contribution in [0.25, 0.3) is 11.0 Å². The summed E-state index contributed by atoms with van der Waals surface area (Å²) in [5, 5.41) is 18.5. The van der Waals surface area contributed by atoms with Crippen molar-refractivity contribution in [3.8, 4) is 0 Å². The van der Waals surface area contributed by atoms with Gasteiger partial charge in [0.2, 0.25) is 11.5 Å². The molecule has 7 heteroatoms. The van der Waals surface area contributed by atoms with Crippen molar-refractivity contribution in [2.24, 2.45) is 5.92 Å². The largest absolute Gasteiger partial charge is 0.481 e. The highest BCUT2D eigenvalue weighted by Crippen LogP contribution is 2.27. The Balaban J connectivity index is 1.59. The van der Waals surface area contributed by atoms with Crippen molar-refractivity contribution in [1.29, 1.82) is 5.41 Å². The molecule has 0 unspecified atom stereocenters. The molecule has 5 rings (SSSR count). The third-order valence-corrected chi connectivity index (χ3v) is 7.07. The van der Waals surface area contributed by atoms with Gasteiger partial charge in [-0.25, -0.2) is 0 Å². The molecule has 1 aromatic heterocycles. The summed E-state index contributed by atoms with van der Waals surface area (Å²) in [5.74, 6) is -1.56. The molecular weight excluding hydrogens is 452 g/mol. The first kappa shape index (κ1) is 23.6. The van der Waals surface area contributed by atoms with Crippen LogP contribution in [0.4, 0.5) is 0 Å². The zero-order valence-corrected chi connectivity index (χ0v) is 20.5. The Morgan fingerprint density at radius 3 is 2.03 bits per heavy atom. The maximum Gasteiger partial charge on any atom is 0.310 e. The van der Waals surface area contributed by atoms with Crippen LogP contribution in [0.1, 0.15) is 28.3 Å². The highest BCUT2D eigenvalue weighted by Gasteiger charge is 2.39. The quantitative estimate of drug-likeness (QED) is 0.418. The van der Waals surface area contributed by atoms with E-state index in [-0.39, 0.29) is 24.6 Å². The minimum absolute atomic E-state index is 0.148. The summed E-state index contributed by atoms with van der Waals surface area (Å²) in [7, 11) is 0. The second kappa shape index (κ2) is 9.49. The fourth-order valence-electron chi connectivity index (χ4n) is 4.87. The molecule has 2 heterocycles. The Morgan fingerprint density at radius 2 is 1.44 bits per heavy atom. The number of aryl methyl sites for hydroxylation is 2. The maximum absolute atomic E-state index is 13.8. The molecule has 3 aromatic carbocycles. The van der Waals surface area contributed by atoms with Crippen LogP contribution in [0.15, 0.2) is 72.8 Å². The Kier molecular flexibility index (Phi) is 6.22. The Labute approximate surface area is 209 Å². The summed E-state index contributed by atoms with van der Waals surface area (Å²) in [6.07, 6.45) is 0.419. The predicted molar refractivity (Wildman–Crippen MR) is 138 cm³/mol. The SMILES string of the molecule is Cc1ccc(C[C@@H](C(=O)N2CC(C(=O)O)C2)n2c(=N)n(Cc3ccc(C)cc3)c3ccccc32)cc1. The van der Waals surface area contributed by atoms with Crippen molar-refractivity contribution in [1.82, 2.24) is 14.0 Å². The number of carboxylic acids is 1. The molecule has 36 heavy (non-hydrogen) atoms. The Morgan fingerprint density at radius 1 is 0.889 bits per heavy atom. The molecule has 1 fully saturated rings. The molecule has 4 aromatic rings. The number of carboxylic acid groups (broad SMARTS) is 1. The molecule has 0 radical (unpaired) electrons. The van der Waals surface area contributed by atoms with E-state index >= 15 is 0 Å². The van der Waals surface area contributed by atoms with E-state index in [0.717, 1.165) is 27.7 Å². The lowest BCUT2D eigenvalue weighted by Crippen LogP contribution is -2.55. The van der Waals surface area contributed by atoms with Crippen LogP contribution in [0.5, 0.6) is 0 Å². The van der Waals surface area contributed by atoms with Crippen molar-refractivity contribution in [3.63, 3.8) is 0 Å². The maximum atomic E-state index is 13.8. The third kappa shape index (κ3) is 4.44. The van der Waals surface area contributed by atoms with Crippen LogP contribution in [0.2, 0.25) is 0 Å². The number of fused-ring (bicyclic) bond motifs is 1. The highest BCUT2D eigenvalue weighted by molar-refractivity contribution is 5.86. The van der Waals surface area contributed by atoms with Crippen LogP contribution >= 0.6 is 0 Å². The van der Waals surface area contributed by atoms with Gasteiger partial charge in [0.25, 0.3) is 0 Å². The lowest BCUT2D eigenvalue weighted by atomic mass is 9.97. The van der Waals surface area contributed by atoms with Gasteiger partial charge in [-0.1, -0.05) is 71.8 Å². The van der Waals surface area contributed by atoms with Gasteiger partial charge in [0.1, 0.15) is 6.04 Å². The number of hydrogen-bond acceptors (Lipinski definition) is 3.